The van der Waals surface area contributed by atoms with Gasteiger partial charge in [0.1, 0.15) is 0 Å². The molecule has 0 saturated heterocycles. The number of hydrogen-bond acceptors (Lipinski definition) is 0. The first-order valence-corrected chi connectivity index (χ1v) is 5.04. The second kappa shape index (κ2) is 1.91. The molecule has 0 aliphatic heterocycles. The van der Waals surface area contributed by atoms with Gasteiger partial charge in [-0.1, -0.05) is 12.2 Å². The van der Waals surface area contributed by atoms with Gasteiger partial charge in [0.25, 0.3) is 0 Å². The standard InChI is InChI=1S/C11H16/c1-7-2-3-8-6-9-4-5-10(7)11(8)9/h8-11H,1-6H2. The van der Waals surface area contributed by atoms with Crippen LogP contribution in [0.15, 0.2) is 12.2 Å². The maximum Gasteiger partial charge on any atom is -0.0172 e. The predicted molar refractivity (Wildman–Crippen MR) is 46.2 cm³/mol. The monoisotopic (exact) mass is 148 g/mol. The summed E-state index contributed by atoms with van der Waals surface area (Å²) < 4.78 is 0. The minimum Gasteiger partial charge on any atom is -0.0996 e. The molecule has 4 unspecified atom stereocenters. The molecule has 3 aliphatic rings. The molecule has 4 atom stereocenters. The number of allylic oxidation sites excluding steroid dienone is 1. The third-order valence-corrected chi connectivity index (χ3v) is 4.37. The van der Waals surface area contributed by atoms with Gasteiger partial charge in [0.05, 0.1) is 0 Å². The Hall–Kier alpha value is -0.260. The molecule has 0 spiro atoms. The maximum atomic E-state index is 4.21. The van der Waals surface area contributed by atoms with Gasteiger partial charge in [0.2, 0.25) is 0 Å². The highest BCUT2D eigenvalue weighted by atomic mass is 14.6. The van der Waals surface area contributed by atoms with Gasteiger partial charge in [-0.15, -0.1) is 0 Å². The molecule has 0 heteroatoms. The van der Waals surface area contributed by atoms with Crippen LogP contribution in [0, 0.1) is 23.7 Å². The number of hydrogen-bond donors (Lipinski definition) is 0. The molecule has 0 N–H and O–H groups in total. The van der Waals surface area contributed by atoms with E-state index in [0.717, 1.165) is 23.7 Å². The molecule has 3 fully saturated rings. The first kappa shape index (κ1) is 6.28. The van der Waals surface area contributed by atoms with E-state index in [-0.39, 0.29) is 0 Å². The summed E-state index contributed by atoms with van der Waals surface area (Å²) in [6.45, 7) is 4.21. The van der Waals surface area contributed by atoms with E-state index in [1.807, 2.05) is 0 Å². The summed E-state index contributed by atoms with van der Waals surface area (Å²) in [6, 6.07) is 0. The van der Waals surface area contributed by atoms with E-state index in [4.69, 9.17) is 0 Å². The molecule has 0 aromatic heterocycles. The van der Waals surface area contributed by atoms with Gasteiger partial charge in [0.15, 0.2) is 0 Å². The van der Waals surface area contributed by atoms with Crippen LogP contribution in [0.3, 0.4) is 0 Å². The van der Waals surface area contributed by atoms with Crippen molar-refractivity contribution in [3.05, 3.63) is 12.2 Å². The number of rotatable bonds is 0. The summed E-state index contributed by atoms with van der Waals surface area (Å²) in [5, 5.41) is 0. The average molecular weight is 148 g/mol. The second-order valence-corrected chi connectivity index (χ2v) is 4.71. The van der Waals surface area contributed by atoms with Gasteiger partial charge in [0, 0.05) is 0 Å². The third-order valence-electron chi connectivity index (χ3n) is 4.37. The normalized spacial score (nSPS) is 53.6. The van der Waals surface area contributed by atoms with Crippen LogP contribution in [-0.4, -0.2) is 0 Å². The maximum absolute atomic E-state index is 4.21. The lowest BCUT2D eigenvalue weighted by Crippen LogP contribution is -2.39. The van der Waals surface area contributed by atoms with Crippen molar-refractivity contribution >= 4 is 0 Å². The van der Waals surface area contributed by atoms with E-state index in [2.05, 4.69) is 6.58 Å². The van der Waals surface area contributed by atoms with Crippen LogP contribution >= 0.6 is 0 Å². The molecular weight excluding hydrogens is 132 g/mol. The van der Waals surface area contributed by atoms with E-state index < -0.39 is 0 Å². The zero-order valence-electron chi connectivity index (χ0n) is 7.05. The SMILES string of the molecule is C=C1CCC2CC3CCC1C23. The fourth-order valence-corrected chi connectivity index (χ4v) is 3.79. The highest BCUT2D eigenvalue weighted by Crippen LogP contribution is 2.60. The lowest BCUT2D eigenvalue weighted by Gasteiger charge is -2.47. The van der Waals surface area contributed by atoms with Gasteiger partial charge in [-0.3, -0.25) is 0 Å². The quantitative estimate of drug-likeness (QED) is 0.463. The van der Waals surface area contributed by atoms with E-state index >= 15 is 0 Å². The molecule has 3 rings (SSSR count). The molecule has 0 heterocycles. The Morgan fingerprint density at radius 2 is 1.91 bits per heavy atom. The van der Waals surface area contributed by atoms with E-state index in [9.17, 15) is 0 Å². The van der Waals surface area contributed by atoms with Crippen LogP contribution in [0.1, 0.15) is 32.1 Å². The van der Waals surface area contributed by atoms with E-state index in [1.165, 1.54) is 25.7 Å². The first-order valence-electron chi connectivity index (χ1n) is 5.04. The Morgan fingerprint density at radius 3 is 2.73 bits per heavy atom. The van der Waals surface area contributed by atoms with Gasteiger partial charge in [-0.05, 0) is 55.8 Å². The molecule has 0 aromatic rings. The van der Waals surface area contributed by atoms with Crippen LogP contribution in [0.5, 0.6) is 0 Å². The van der Waals surface area contributed by atoms with Crippen LogP contribution in [-0.2, 0) is 0 Å². The van der Waals surface area contributed by atoms with Crippen molar-refractivity contribution in [1.82, 2.24) is 0 Å². The smallest absolute Gasteiger partial charge is 0.0172 e. The summed E-state index contributed by atoms with van der Waals surface area (Å²) in [4.78, 5) is 0. The lowest BCUT2D eigenvalue weighted by molar-refractivity contribution is 0.0525. The summed E-state index contributed by atoms with van der Waals surface area (Å²) >= 11 is 0. The van der Waals surface area contributed by atoms with Crippen LogP contribution in [0.25, 0.3) is 0 Å². The minimum absolute atomic E-state index is 0.965. The Balaban J connectivity index is 1.91. The topological polar surface area (TPSA) is 0 Å². The van der Waals surface area contributed by atoms with Crippen LogP contribution < -0.4 is 0 Å². The summed E-state index contributed by atoms with van der Waals surface area (Å²) in [6.07, 6.45) is 7.37. The van der Waals surface area contributed by atoms with Gasteiger partial charge >= 0.3 is 0 Å². The second-order valence-electron chi connectivity index (χ2n) is 4.71. The van der Waals surface area contributed by atoms with Crippen molar-refractivity contribution in [1.29, 1.82) is 0 Å². The fourth-order valence-electron chi connectivity index (χ4n) is 3.79. The van der Waals surface area contributed by atoms with Crippen molar-refractivity contribution in [3.8, 4) is 0 Å². The largest absolute Gasteiger partial charge is 0.0996 e. The molecule has 0 radical (unpaired) electrons. The molecule has 0 bridgehead atoms. The molecule has 3 saturated carbocycles. The van der Waals surface area contributed by atoms with Gasteiger partial charge in [-0.25, -0.2) is 0 Å². The highest BCUT2D eigenvalue weighted by Gasteiger charge is 2.51. The summed E-state index contributed by atoms with van der Waals surface area (Å²) in [5.74, 6) is 4.32. The predicted octanol–water partition coefficient (Wildman–Crippen LogP) is 3.00. The first-order chi connectivity index (χ1) is 5.36. The van der Waals surface area contributed by atoms with Crippen LogP contribution in [0.4, 0.5) is 0 Å². The van der Waals surface area contributed by atoms with E-state index in [0.29, 0.717) is 0 Å². The Morgan fingerprint density at radius 1 is 1.09 bits per heavy atom. The zero-order valence-corrected chi connectivity index (χ0v) is 7.05. The molecule has 11 heavy (non-hydrogen) atoms. The highest BCUT2D eigenvalue weighted by molar-refractivity contribution is 5.15. The fraction of sp³-hybridized carbons (Fsp3) is 0.818. The Labute approximate surface area is 68.7 Å². The third kappa shape index (κ3) is 0.660. The minimum atomic E-state index is 0.965. The summed E-state index contributed by atoms with van der Waals surface area (Å²) in [5.41, 5.74) is 1.59. The molecule has 0 aromatic carbocycles. The summed E-state index contributed by atoms with van der Waals surface area (Å²) in [7, 11) is 0. The molecule has 60 valence electrons. The molecule has 0 amide bonds. The lowest BCUT2D eigenvalue weighted by atomic mass is 9.58. The molecule has 3 aliphatic carbocycles. The Bertz CT molecular complexity index is 204. The van der Waals surface area contributed by atoms with Gasteiger partial charge < -0.3 is 0 Å². The van der Waals surface area contributed by atoms with E-state index in [1.54, 1.807) is 12.0 Å². The van der Waals surface area contributed by atoms with Crippen molar-refractivity contribution in [2.24, 2.45) is 23.7 Å². The molecule has 0 nitrogen and oxygen atoms in total. The van der Waals surface area contributed by atoms with Crippen molar-refractivity contribution < 1.29 is 0 Å². The van der Waals surface area contributed by atoms with Gasteiger partial charge in [-0.2, -0.15) is 0 Å². The zero-order chi connectivity index (χ0) is 7.42. The Kier molecular flexibility index (Phi) is 1.09. The van der Waals surface area contributed by atoms with Crippen molar-refractivity contribution in [2.45, 2.75) is 32.1 Å². The average Bonchev–Trinajstić information content (AvgIpc) is 2.30. The van der Waals surface area contributed by atoms with Crippen molar-refractivity contribution in [2.75, 3.05) is 0 Å². The molecular formula is C11H16. The van der Waals surface area contributed by atoms with Crippen molar-refractivity contribution in [3.63, 3.8) is 0 Å². The van der Waals surface area contributed by atoms with Crippen LogP contribution in [0.2, 0.25) is 0 Å².